The third kappa shape index (κ3) is 5.75. The highest BCUT2D eigenvalue weighted by atomic mass is 35.5. The molecule has 0 saturated heterocycles. The van der Waals surface area contributed by atoms with E-state index in [1.807, 2.05) is 0 Å². The molecular formula is C24H15Cl2F4N3O2. The summed E-state index contributed by atoms with van der Waals surface area (Å²) in [6, 6.07) is 12.9. The molecule has 0 saturated carbocycles. The predicted molar refractivity (Wildman–Crippen MR) is 123 cm³/mol. The summed E-state index contributed by atoms with van der Waals surface area (Å²) in [6.45, 7) is -0.365. The average Bonchev–Trinajstić information content (AvgIpc) is 3.27. The summed E-state index contributed by atoms with van der Waals surface area (Å²) in [5, 5.41) is 7.38. The zero-order chi connectivity index (χ0) is 25.1. The number of carbonyl (C=O) groups excluding carboxylic acids is 1. The van der Waals surface area contributed by atoms with Crippen LogP contribution in [0, 0.1) is 23.3 Å². The molecule has 0 radical (unpaired) electrons. The van der Waals surface area contributed by atoms with E-state index in [0.29, 0.717) is 21.4 Å². The van der Waals surface area contributed by atoms with Gasteiger partial charge in [-0.1, -0.05) is 35.3 Å². The standard InChI is InChI=1S/C24H15Cl2F4N3O2/c25-15-5-6-20(17(26)9-15)35-12-13-1-3-14(4-2-13)24(34)31-21-7-8-33(32-21)11-16-22(29)18(27)10-19(28)23(16)30/h1-10H,11-12H2,(H,31,32,34). The topological polar surface area (TPSA) is 56.2 Å². The Balaban J connectivity index is 1.37. The number of hydrogen-bond donors (Lipinski definition) is 1. The van der Waals surface area contributed by atoms with Crippen LogP contribution in [0.4, 0.5) is 23.4 Å². The van der Waals surface area contributed by atoms with Gasteiger partial charge in [0.2, 0.25) is 0 Å². The molecule has 1 amide bonds. The molecule has 35 heavy (non-hydrogen) atoms. The van der Waals surface area contributed by atoms with Crippen molar-refractivity contribution in [3.8, 4) is 5.75 Å². The van der Waals surface area contributed by atoms with Gasteiger partial charge in [0.25, 0.3) is 5.91 Å². The molecule has 0 bridgehead atoms. The average molecular weight is 524 g/mol. The van der Waals surface area contributed by atoms with E-state index in [0.717, 1.165) is 10.2 Å². The molecule has 1 N–H and O–H groups in total. The smallest absolute Gasteiger partial charge is 0.256 e. The number of benzene rings is 3. The van der Waals surface area contributed by atoms with Crippen molar-refractivity contribution in [1.29, 1.82) is 0 Å². The van der Waals surface area contributed by atoms with Crippen LogP contribution >= 0.6 is 23.2 Å². The van der Waals surface area contributed by atoms with E-state index >= 15 is 0 Å². The highest BCUT2D eigenvalue weighted by Gasteiger charge is 2.20. The van der Waals surface area contributed by atoms with Crippen LogP contribution in [0.2, 0.25) is 10.0 Å². The minimum atomic E-state index is -1.51. The van der Waals surface area contributed by atoms with E-state index in [4.69, 9.17) is 27.9 Å². The van der Waals surface area contributed by atoms with Crippen molar-refractivity contribution >= 4 is 34.9 Å². The monoisotopic (exact) mass is 523 g/mol. The van der Waals surface area contributed by atoms with Crippen molar-refractivity contribution in [2.24, 2.45) is 0 Å². The summed E-state index contributed by atoms with van der Waals surface area (Å²) in [6.07, 6.45) is 1.31. The third-order valence-electron chi connectivity index (χ3n) is 4.91. The second-order valence-electron chi connectivity index (χ2n) is 7.36. The molecule has 0 spiro atoms. The minimum absolute atomic E-state index is 0.0810. The highest BCUT2D eigenvalue weighted by Crippen LogP contribution is 2.28. The Hall–Kier alpha value is -3.56. The van der Waals surface area contributed by atoms with Crippen molar-refractivity contribution < 1.29 is 27.1 Å². The fraction of sp³-hybridized carbons (Fsp3) is 0.0833. The van der Waals surface area contributed by atoms with Crippen LogP contribution in [0.1, 0.15) is 21.5 Å². The van der Waals surface area contributed by atoms with Crippen molar-refractivity contribution in [3.63, 3.8) is 0 Å². The van der Waals surface area contributed by atoms with Gasteiger partial charge in [-0.15, -0.1) is 0 Å². The quantitative estimate of drug-likeness (QED) is 0.218. The van der Waals surface area contributed by atoms with E-state index in [2.05, 4.69) is 10.4 Å². The van der Waals surface area contributed by atoms with Gasteiger partial charge in [0.15, 0.2) is 29.1 Å². The molecule has 0 aliphatic carbocycles. The second-order valence-corrected chi connectivity index (χ2v) is 8.20. The number of nitrogens with one attached hydrogen (secondary N) is 1. The lowest BCUT2D eigenvalue weighted by Gasteiger charge is -2.09. The van der Waals surface area contributed by atoms with Gasteiger partial charge in [0.1, 0.15) is 12.4 Å². The Morgan fingerprint density at radius 1 is 0.943 bits per heavy atom. The van der Waals surface area contributed by atoms with Gasteiger partial charge >= 0.3 is 0 Å². The first-order valence-electron chi connectivity index (χ1n) is 10.0. The van der Waals surface area contributed by atoms with Crippen LogP contribution in [0.25, 0.3) is 0 Å². The normalized spacial score (nSPS) is 10.9. The molecule has 0 atom stereocenters. The molecule has 0 aliphatic rings. The van der Waals surface area contributed by atoms with Crippen LogP contribution in [-0.2, 0) is 13.2 Å². The molecule has 1 heterocycles. The molecule has 5 nitrogen and oxygen atoms in total. The first kappa shape index (κ1) is 24.6. The zero-order valence-corrected chi connectivity index (χ0v) is 19.2. The number of rotatable bonds is 7. The summed E-state index contributed by atoms with van der Waals surface area (Å²) in [4.78, 5) is 12.5. The summed E-state index contributed by atoms with van der Waals surface area (Å²) in [7, 11) is 0. The van der Waals surface area contributed by atoms with Crippen molar-refractivity contribution in [2.45, 2.75) is 13.2 Å². The Bertz CT molecular complexity index is 1370. The molecule has 4 aromatic rings. The maximum Gasteiger partial charge on any atom is 0.256 e. The molecular weight excluding hydrogens is 509 g/mol. The van der Waals surface area contributed by atoms with Crippen LogP contribution in [0.5, 0.6) is 5.75 Å². The zero-order valence-electron chi connectivity index (χ0n) is 17.7. The van der Waals surface area contributed by atoms with Gasteiger partial charge in [0, 0.05) is 28.9 Å². The molecule has 0 aliphatic heterocycles. The number of halogens is 6. The molecule has 1 aromatic heterocycles. The number of hydrogen-bond acceptors (Lipinski definition) is 3. The highest BCUT2D eigenvalue weighted by molar-refractivity contribution is 6.35. The summed E-state index contributed by atoms with van der Waals surface area (Å²) in [5.41, 5.74) is 0.279. The van der Waals surface area contributed by atoms with Crippen molar-refractivity contribution in [1.82, 2.24) is 9.78 Å². The van der Waals surface area contributed by atoms with Crippen LogP contribution in [0.3, 0.4) is 0 Å². The number of aromatic nitrogens is 2. The van der Waals surface area contributed by atoms with Gasteiger partial charge < -0.3 is 10.1 Å². The summed E-state index contributed by atoms with van der Waals surface area (Å²) >= 11 is 11.9. The van der Waals surface area contributed by atoms with Gasteiger partial charge in [-0.25, -0.2) is 17.6 Å². The second kappa shape index (κ2) is 10.4. The van der Waals surface area contributed by atoms with E-state index in [-0.39, 0.29) is 18.5 Å². The summed E-state index contributed by atoms with van der Waals surface area (Å²) < 4.78 is 61.2. The number of ether oxygens (including phenoxy) is 1. The number of nitrogens with zero attached hydrogens (tertiary/aromatic N) is 2. The van der Waals surface area contributed by atoms with Crippen molar-refractivity contribution in [2.75, 3.05) is 5.32 Å². The minimum Gasteiger partial charge on any atom is -0.487 e. The first-order valence-corrected chi connectivity index (χ1v) is 10.8. The number of amides is 1. The maximum atomic E-state index is 13.9. The molecule has 0 fully saturated rings. The molecule has 0 unspecified atom stereocenters. The van der Waals surface area contributed by atoms with Gasteiger partial charge in [0.05, 0.1) is 17.1 Å². The van der Waals surface area contributed by atoms with Gasteiger partial charge in [-0.05, 0) is 35.9 Å². The third-order valence-corrected chi connectivity index (χ3v) is 5.44. The van der Waals surface area contributed by atoms with E-state index in [1.165, 1.54) is 12.3 Å². The van der Waals surface area contributed by atoms with E-state index in [1.54, 1.807) is 42.5 Å². The Kier molecular flexibility index (Phi) is 7.28. The number of carbonyl (C=O) groups is 1. The SMILES string of the molecule is O=C(Nc1ccn(Cc2c(F)c(F)cc(F)c2F)n1)c1ccc(COc2ccc(Cl)cc2Cl)cc1. The number of anilines is 1. The lowest BCUT2D eigenvalue weighted by Crippen LogP contribution is -2.13. The summed E-state index contributed by atoms with van der Waals surface area (Å²) in [5.74, 6) is -5.97. The van der Waals surface area contributed by atoms with Gasteiger partial charge in [-0.3, -0.25) is 9.48 Å². The Labute approximate surface area is 206 Å². The Morgan fingerprint density at radius 3 is 2.29 bits per heavy atom. The first-order chi connectivity index (χ1) is 16.7. The van der Waals surface area contributed by atoms with Crippen LogP contribution in [0.15, 0.2) is 60.8 Å². The van der Waals surface area contributed by atoms with Gasteiger partial charge in [-0.2, -0.15) is 5.10 Å². The van der Waals surface area contributed by atoms with Crippen LogP contribution in [-0.4, -0.2) is 15.7 Å². The molecule has 11 heteroatoms. The van der Waals surface area contributed by atoms with Crippen LogP contribution < -0.4 is 10.1 Å². The maximum absolute atomic E-state index is 13.9. The Morgan fingerprint density at radius 2 is 1.63 bits per heavy atom. The van der Waals surface area contributed by atoms with Crippen molar-refractivity contribution in [3.05, 3.63) is 111 Å². The molecule has 180 valence electrons. The van der Waals surface area contributed by atoms with E-state index in [9.17, 15) is 22.4 Å². The molecule has 4 rings (SSSR count). The largest absolute Gasteiger partial charge is 0.487 e. The lowest BCUT2D eigenvalue weighted by molar-refractivity contribution is 0.102. The lowest BCUT2D eigenvalue weighted by atomic mass is 10.1. The fourth-order valence-corrected chi connectivity index (χ4v) is 3.60. The molecule has 3 aromatic carbocycles. The van der Waals surface area contributed by atoms with E-state index < -0.39 is 41.3 Å². The fourth-order valence-electron chi connectivity index (χ4n) is 3.13. The predicted octanol–water partition coefficient (Wildman–Crippen LogP) is 6.63.